The number of non-ortho nitro benzene ring substituents is 1. The van der Waals surface area contributed by atoms with Crippen LogP contribution in [0.1, 0.15) is 76.1 Å². The average Bonchev–Trinajstić information content (AvgIpc) is 2.82. The number of hydrogen-bond donors (Lipinski definition) is 1. The number of carbonyl (C=O) groups excluding carboxylic acids is 2. The van der Waals surface area contributed by atoms with E-state index in [4.69, 9.17) is 0 Å². The molecule has 192 valence electrons. The first-order valence-corrected chi connectivity index (χ1v) is 13.3. The Kier molecular flexibility index (Phi) is 7.79. The second kappa shape index (κ2) is 10.6. The molecule has 4 saturated carbocycles. The maximum absolute atomic E-state index is 13.6. The molecule has 1 aromatic carbocycles. The summed E-state index contributed by atoms with van der Waals surface area (Å²) in [4.78, 5) is 41.6. The van der Waals surface area contributed by atoms with Crippen molar-refractivity contribution in [2.75, 3.05) is 26.2 Å². The Morgan fingerprint density at radius 2 is 1.57 bits per heavy atom. The molecule has 4 fully saturated rings. The minimum atomic E-state index is -0.609. The summed E-state index contributed by atoms with van der Waals surface area (Å²) in [6.07, 6.45) is 7.87. The van der Waals surface area contributed by atoms with Crippen molar-refractivity contribution in [1.82, 2.24) is 15.1 Å². The summed E-state index contributed by atoms with van der Waals surface area (Å²) < 4.78 is 0. The van der Waals surface area contributed by atoms with Crippen LogP contribution in [0, 0.1) is 27.9 Å². The van der Waals surface area contributed by atoms with Crippen LogP contribution in [0.4, 0.5) is 5.69 Å². The van der Waals surface area contributed by atoms with Gasteiger partial charge in [-0.05, 0) is 101 Å². The second-order valence-corrected chi connectivity index (χ2v) is 11.0. The number of rotatable bonds is 11. The molecule has 8 nitrogen and oxygen atoms in total. The Labute approximate surface area is 208 Å². The molecule has 0 spiro atoms. The molecule has 4 bridgehead atoms. The van der Waals surface area contributed by atoms with Gasteiger partial charge in [-0.3, -0.25) is 19.7 Å². The highest BCUT2D eigenvalue weighted by atomic mass is 16.6. The Morgan fingerprint density at radius 3 is 2.06 bits per heavy atom. The lowest BCUT2D eigenvalue weighted by molar-refractivity contribution is -0.384. The first kappa shape index (κ1) is 25.6. The van der Waals surface area contributed by atoms with Crippen LogP contribution < -0.4 is 5.32 Å². The third-order valence-electron chi connectivity index (χ3n) is 8.63. The summed E-state index contributed by atoms with van der Waals surface area (Å²) in [6, 6.07) is 5.06. The van der Waals surface area contributed by atoms with Gasteiger partial charge in [-0.2, -0.15) is 0 Å². The number of benzene rings is 1. The first-order valence-electron chi connectivity index (χ1n) is 13.3. The van der Waals surface area contributed by atoms with Crippen LogP contribution in [0.25, 0.3) is 0 Å². The number of nitrogens with one attached hydrogen (secondary N) is 1. The molecule has 8 heteroatoms. The molecule has 5 rings (SSSR count). The molecular weight excluding hydrogens is 444 g/mol. The normalized spacial score (nSPS) is 27.6. The molecule has 1 aromatic rings. The van der Waals surface area contributed by atoms with Gasteiger partial charge < -0.3 is 15.1 Å². The number of hydrogen-bond acceptors (Lipinski definition) is 5. The Balaban J connectivity index is 1.48. The highest BCUT2D eigenvalue weighted by Crippen LogP contribution is 2.55. The van der Waals surface area contributed by atoms with Crippen LogP contribution in [0.2, 0.25) is 0 Å². The molecule has 4 aliphatic carbocycles. The van der Waals surface area contributed by atoms with E-state index >= 15 is 0 Å². The van der Waals surface area contributed by atoms with E-state index in [1.807, 2.05) is 6.92 Å². The van der Waals surface area contributed by atoms with Gasteiger partial charge in [0.25, 0.3) is 11.6 Å². The van der Waals surface area contributed by atoms with E-state index in [0.717, 1.165) is 63.1 Å². The van der Waals surface area contributed by atoms with E-state index in [-0.39, 0.29) is 23.0 Å². The van der Waals surface area contributed by atoms with E-state index in [0.29, 0.717) is 12.1 Å². The summed E-state index contributed by atoms with van der Waals surface area (Å²) >= 11 is 0. The molecular formula is C27H40N4O4. The van der Waals surface area contributed by atoms with E-state index in [9.17, 15) is 19.7 Å². The SMILES string of the molecule is CCN(CC)CCCN(C(=O)c1ccc([N+](=O)[O-])cc1)C(C)C(=O)NC12CC3CC(CC(C3)C1)C2. The molecule has 1 atom stereocenters. The van der Waals surface area contributed by atoms with Crippen LogP contribution in [0.5, 0.6) is 0 Å². The van der Waals surface area contributed by atoms with Crippen molar-refractivity contribution in [3.05, 3.63) is 39.9 Å². The molecule has 2 amide bonds. The summed E-state index contributed by atoms with van der Waals surface area (Å²) in [5.41, 5.74) is 0.207. The van der Waals surface area contributed by atoms with E-state index in [2.05, 4.69) is 24.1 Å². The first-order chi connectivity index (χ1) is 16.7. The summed E-state index contributed by atoms with van der Waals surface area (Å²) in [5.74, 6) is 1.84. The molecule has 0 saturated heterocycles. The van der Waals surface area contributed by atoms with Crippen molar-refractivity contribution >= 4 is 17.5 Å². The van der Waals surface area contributed by atoms with E-state index in [1.165, 1.54) is 43.5 Å². The quantitative estimate of drug-likeness (QED) is 0.374. The highest BCUT2D eigenvalue weighted by Gasteiger charge is 2.52. The lowest BCUT2D eigenvalue weighted by Crippen LogP contribution is -2.62. The zero-order valence-electron chi connectivity index (χ0n) is 21.4. The van der Waals surface area contributed by atoms with Gasteiger partial charge in [-0.1, -0.05) is 13.8 Å². The van der Waals surface area contributed by atoms with Crippen molar-refractivity contribution in [3.63, 3.8) is 0 Å². The largest absolute Gasteiger partial charge is 0.349 e. The average molecular weight is 485 g/mol. The van der Waals surface area contributed by atoms with Gasteiger partial charge in [0.15, 0.2) is 0 Å². The fourth-order valence-electron chi connectivity index (χ4n) is 7.14. The minimum Gasteiger partial charge on any atom is -0.349 e. The zero-order valence-corrected chi connectivity index (χ0v) is 21.4. The van der Waals surface area contributed by atoms with Crippen LogP contribution in [-0.4, -0.2) is 64.3 Å². The molecule has 0 heterocycles. The lowest BCUT2D eigenvalue weighted by atomic mass is 9.53. The van der Waals surface area contributed by atoms with E-state index < -0.39 is 11.0 Å². The Bertz CT molecular complexity index is 892. The van der Waals surface area contributed by atoms with E-state index in [1.54, 1.807) is 4.90 Å². The van der Waals surface area contributed by atoms with Crippen LogP contribution >= 0.6 is 0 Å². The predicted octanol–water partition coefficient (Wildman–Crippen LogP) is 4.24. The lowest BCUT2D eigenvalue weighted by Gasteiger charge is -2.57. The van der Waals surface area contributed by atoms with Crippen molar-refractivity contribution in [3.8, 4) is 0 Å². The predicted molar refractivity (Wildman–Crippen MR) is 135 cm³/mol. The number of amides is 2. The zero-order chi connectivity index (χ0) is 25.2. The van der Waals surface area contributed by atoms with Gasteiger partial charge in [0, 0.05) is 29.8 Å². The number of carbonyl (C=O) groups is 2. The smallest absolute Gasteiger partial charge is 0.269 e. The molecule has 0 aromatic heterocycles. The van der Waals surface area contributed by atoms with Crippen molar-refractivity contribution in [2.24, 2.45) is 17.8 Å². The molecule has 1 unspecified atom stereocenters. The van der Waals surface area contributed by atoms with Crippen molar-refractivity contribution < 1.29 is 14.5 Å². The third kappa shape index (κ3) is 5.68. The molecule has 0 aliphatic heterocycles. The maximum atomic E-state index is 13.6. The van der Waals surface area contributed by atoms with Crippen molar-refractivity contribution in [1.29, 1.82) is 0 Å². The van der Waals surface area contributed by atoms with Gasteiger partial charge in [-0.15, -0.1) is 0 Å². The summed E-state index contributed by atoms with van der Waals surface area (Å²) in [5, 5.41) is 14.5. The summed E-state index contributed by atoms with van der Waals surface area (Å²) in [6.45, 7) is 9.23. The number of nitro groups is 1. The number of nitrogens with zero attached hydrogens (tertiary/aromatic N) is 3. The van der Waals surface area contributed by atoms with Gasteiger partial charge in [0.2, 0.25) is 5.91 Å². The Morgan fingerprint density at radius 1 is 1.03 bits per heavy atom. The Hall–Kier alpha value is -2.48. The summed E-state index contributed by atoms with van der Waals surface area (Å²) in [7, 11) is 0. The van der Waals surface area contributed by atoms with Gasteiger partial charge in [0.05, 0.1) is 4.92 Å². The van der Waals surface area contributed by atoms with Gasteiger partial charge in [-0.25, -0.2) is 0 Å². The minimum absolute atomic E-state index is 0.0535. The fourth-order valence-corrected chi connectivity index (χ4v) is 7.14. The second-order valence-electron chi connectivity index (χ2n) is 11.0. The highest BCUT2D eigenvalue weighted by molar-refractivity contribution is 5.97. The van der Waals surface area contributed by atoms with Crippen LogP contribution in [0.15, 0.2) is 24.3 Å². The third-order valence-corrected chi connectivity index (χ3v) is 8.63. The monoisotopic (exact) mass is 484 g/mol. The standard InChI is InChI=1S/C27H40N4O4/c1-4-29(5-2)11-6-12-30(26(33)23-7-9-24(10-8-23)31(34)35)19(3)25(32)28-27-16-20-13-21(17-27)15-22(14-20)18-27/h7-10,19-22H,4-6,11-18H2,1-3H3,(H,28,32). The molecule has 35 heavy (non-hydrogen) atoms. The van der Waals surface area contributed by atoms with Gasteiger partial charge >= 0.3 is 0 Å². The molecule has 1 N–H and O–H groups in total. The van der Waals surface area contributed by atoms with Crippen LogP contribution in [0.3, 0.4) is 0 Å². The van der Waals surface area contributed by atoms with Gasteiger partial charge in [0.1, 0.15) is 6.04 Å². The molecule has 0 radical (unpaired) electrons. The van der Waals surface area contributed by atoms with Crippen LogP contribution in [-0.2, 0) is 4.79 Å². The number of nitro benzene ring substituents is 1. The maximum Gasteiger partial charge on any atom is 0.269 e. The van der Waals surface area contributed by atoms with Crippen molar-refractivity contribution in [2.45, 2.75) is 77.3 Å². The molecule has 4 aliphatic rings. The topological polar surface area (TPSA) is 95.8 Å². The fraction of sp³-hybridized carbons (Fsp3) is 0.704.